The maximum Gasteiger partial charge on any atom is 0.365 e. The standard InChI is InChI=1S/C26H46N7O5P/c1-9-10-11-36-25(34)26(7,8)32-39(35,38-31-21(12-18(2)3)13-19(4)5)17-37-20(6)14-33-16-30-22-23(27)28-15-29-24(22)33/h15-16,18-20H,9-14,17H2,1-8H3,(H,32,35)(H2,27,28,29)/t20-,39-/m1/s1. The summed E-state index contributed by atoms with van der Waals surface area (Å²) in [5.41, 5.74) is 6.47. The monoisotopic (exact) mass is 567 g/mol. The van der Waals surface area contributed by atoms with E-state index in [2.05, 4.69) is 52.9 Å². The molecule has 0 amide bonds. The Bertz CT molecular complexity index is 1140. The average molecular weight is 568 g/mol. The Hall–Kier alpha value is -2.56. The molecule has 0 unspecified atom stereocenters. The van der Waals surface area contributed by atoms with Crippen LogP contribution in [-0.2, 0) is 30.0 Å². The van der Waals surface area contributed by atoms with E-state index in [1.807, 2.05) is 13.8 Å². The zero-order valence-electron chi connectivity index (χ0n) is 24.6. The number of esters is 1. The van der Waals surface area contributed by atoms with E-state index < -0.39 is 25.1 Å². The first-order chi connectivity index (χ1) is 18.3. The van der Waals surface area contributed by atoms with Gasteiger partial charge in [0.15, 0.2) is 11.5 Å². The molecule has 12 nitrogen and oxygen atoms in total. The lowest BCUT2D eigenvalue weighted by Crippen LogP contribution is -2.47. The lowest BCUT2D eigenvalue weighted by atomic mass is 9.99. The zero-order valence-corrected chi connectivity index (χ0v) is 25.5. The van der Waals surface area contributed by atoms with E-state index in [1.165, 1.54) is 6.33 Å². The quantitative estimate of drug-likeness (QED) is 0.0862. The largest absolute Gasteiger partial charge is 0.464 e. The molecular weight excluding hydrogens is 521 g/mol. The number of fused-ring (bicyclic) bond motifs is 1. The number of hydrogen-bond acceptors (Lipinski definition) is 10. The fourth-order valence-electron chi connectivity index (χ4n) is 3.85. The zero-order chi connectivity index (χ0) is 29.2. The van der Waals surface area contributed by atoms with E-state index >= 15 is 0 Å². The molecule has 0 saturated heterocycles. The van der Waals surface area contributed by atoms with Crippen molar-refractivity contribution in [1.29, 1.82) is 0 Å². The number of imidazole rings is 1. The molecule has 0 aliphatic heterocycles. The second-order valence-electron chi connectivity index (χ2n) is 11.3. The number of carbonyl (C=O) groups is 1. The van der Waals surface area contributed by atoms with Gasteiger partial charge in [-0.1, -0.05) is 46.2 Å². The smallest absolute Gasteiger partial charge is 0.365 e. The molecular formula is C26H46N7O5P. The van der Waals surface area contributed by atoms with Crippen molar-refractivity contribution in [3.63, 3.8) is 0 Å². The first kappa shape index (κ1) is 32.7. The highest BCUT2D eigenvalue weighted by Crippen LogP contribution is 2.46. The Balaban J connectivity index is 2.22. The molecule has 2 aromatic rings. The van der Waals surface area contributed by atoms with Gasteiger partial charge >= 0.3 is 13.5 Å². The third-order valence-electron chi connectivity index (χ3n) is 5.69. The van der Waals surface area contributed by atoms with Crippen LogP contribution in [0.1, 0.15) is 81.1 Å². The highest BCUT2D eigenvalue weighted by Gasteiger charge is 2.40. The number of oxime groups is 1. The molecule has 0 radical (unpaired) electrons. The van der Waals surface area contributed by atoms with Crippen LogP contribution in [0.15, 0.2) is 17.8 Å². The molecule has 0 aliphatic rings. The number of nitrogens with zero attached hydrogens (tertiary/aromatic N) is 5. The number of nitrogens with one attached hydrogen (secondary N) is 1. The second kappa shape index (κ2) is 14.7. The second-order valence-corrected chi connectivity index (χ2v) is 13.3. The Kier molecular flexibility index (Phi) is 12.3. The molecule has 0 aromatic carbocycles. The van der Waals surface area contributed by atoms with Crippen molar-refractivity contribution >= 4 is 36.2 Å². The molecule has 2 aromatic heterocycles. The molecule has 0 fully saturated rings. The summed E-state index contributed by atoms with van der Waals surface area (Å²) in [7, 11) is -3.81. The average Bonchev–Trinajstić information content (AvgIpc) is 3.24. The van der Waals surface area contributed by atoms with Gasteiger partial charge in [0, 0.05) is 0 Å². The minimum absolute atomic E-state index is 0.289. The molecule has 2 heterocycles. The van der Waals surface area contributed by atoms with E-state index in [9.17, 15) is 9.36 Å². The lowest BCUT2D eigenvalue weighted by Gasteiger charge is -2.29. The van der Waals surface area contributed by atoms with Crippen molar-refractivity contribution in [3.8, 4) is 0 Å². The first-order valence-corrected chi connectivity index (χ1v) is 15.4. The summed E-state index contributed by atoms with van der Waals surface area (Å²) in [6.07, 6.45) is 5.30. The van der Waals surface area contributed by atoms with E-state index in [0.717, 1.165) is 18.6 Å². The van der Waals surface area contributed by atoms with E-state index in [1.54, 1.807) is 24.7 Å². The molecule has 0 aliphatic carbocycles. The van der Waals surface area contributed by atoms with Gasteiger partial charge in [-0.05, 0) is 51.9 Å². The summed E-state index contributed by atoms with van der Waals surface area (Å²) in [6, 6.07) is 0. The van der Waals surface area contributed by atoms with Gasteiger partial charge in [0.05, 0.1) is 31.3 Å². The minimum Gasteiger partial charge on any atom is -0.464 e. The van der Waals surface area contributed by atoms with Gasteiger partial charge < -0.3 is 24.4 Å². The van der Waals surface area contributed by atoms with Crippen molar-refractivity contribution < 1.29 is 23.5 Å². The lowest BCUT2D eigenvalue weighted by molar-refractivity contribution is -0.149. The van der Waals surface area contributed by atoms with Gasteiger partial charge in [0.2, 0.25) is 0 Å². The van der Waals surface area contributed by atoms with Gasteiger partial charge in [-0.3, -0.25) is 9.36 Å². The molecule has 13 heteroatoms. The van der Waals surface area contributed by atoms with Crippen LogP contribution < -0.4 is 10.8 Å². The van der Waals surface area contributed by atoms with E-state index in [4.69, 9.17) is 19.8 Å². The summed E-state index contributed by atoms with van der Waals surface area (Å²) in [5, 5.41) is 7.19. The molecule has 0 bridgehead atoms. The summed E-state index contributed by atoms with van der Waals surface area (Å²) in [6.45, 7) is 16.1. The Morgan fingerprint density at radius 3 is 2.44 bits per heavy atom. The van der Waals surface area contributed by atoms with Crippen molar-refractivity contribution in [2.45, 2.75) is 99.3 Å². The number of unbranched alkanes of at least 4 members (excludes halogenated alkanes) is 1. The normalized spacial score (nSPS) is 14.4. The van der Waals surface area contributed by atoms with Crippen LogP contribution in [0, 0.1) is 11.8 Å². The number of nitrogen functional groups attached to an aromatic ring is 1. The molecule has 2 atom stereocenters. The van der Waals surface area contributed by atoms with Gasteiger partial charge in [-0.15, -0.1) is 0 Å². The maximum atomic E-state index is 14.1. The van der Waals surface area contributed by atoms with Gasteiger partial charge in [0.1, 0.15) is 23.7 Å². The Labute approximate surface area is 232 Å². The van der Waals surface area contributed by atoms with Crippen molar-refractivity contribution in [2.24, 2.45) is 17.0 Å². The number of ether oxygens (including phenoxy) is 2. The van der Waals surface area contributed by atoms with Crippen LogP contribution in [0.25, 0.3) is 11.2 Å². The van der Waals surface area contributed by atoms with Crippen molar-refractivity contribution in [3.05, 3.63) is 12.7 Å². The van der Waals surface area contributed by atoms with Crippen molar-refractivity contribution in [2.75, 3.05) is 18.7 Å². The molecule has 0 saturated carbocycles. The third-order valence-corrected chi connectivity index (χ3v) is 7.43. The summed E-state index contributed by atoms with van der Waals surface area (Å²) < 4.78 is 32.9. The van der Waals surface area contributed by atoms with Gasteiger partial charge in [-0.2, -0.15) is 0 Å². The van der Waals surface area contributed by atoms with E-state index in [0.29, 0.717) is 48.2 Å². The highest BCUT2D eigenvalue weighted by atomic mass is 31.2. The molecule has 39 heavy (non-hydrogen) atoms. The number of rotatable bonds is 17. The molecule has 0 spiro atoms. The summed E-state index contributed by atoms with van der Waals surface area (Å²) >= 11 is 0. The van der Waals surface area contributed by atoms with Crippen molar-refractivity contribution in [1.82, 2.24) is 24.6 Å². The fraction of sp³-hybridized carbons (Fsp3) is 0.731. The van der Waals surface area contributed by atoms with Crippen LogP contribution in [0.3, 0.4) is 0 Å². The van der Waals surface area contributed by atoms with Crippen LogP contribution in [0.5, 0.6) is 0 Å². The van der Waals surface area contributed by atoms with E-state index in [-0.39, 0.29) is 13.0 Å². The van der Waals surface area contributed by atoms with Gasteiger partial charge in [0.25, 0.3) is 0 Å². The Morgan fingerprint density at radius 2 is 1.82 bits per heavy atom. The topological polar surface area (TPSA) is 156 Å². The number of aromatic nitrogens is 4. The number of nitrogens with two attached hydrogens (primary N) is 1. The molecule has 2 rings (SSSR count). The third kappa shape index (κ3) is 10.5. The Morgan fingerprint density at radius 1 is 1.15 bits per heavy atom. The number of hydrogen-bond donors (Lipinski definition) is 2. The summed E-state index contributed by atoms with van der Waals surface area (Å²) in [5.74, 6) is 0.465. The highest BCUT2D eigenvalue weighted by molar-refractivity contribution is 7.56. The summed E-state index contributed by atoms with van der Waals surface area (Å²) in [4.78, 5) is 25.3. The van der Waals surface area contributed by atoms with Crippen LogP contribution >= 0.6 is 7.52 Å². The SMILES string of the molecule is CCCCOC(=O)C(C)(C)N[P@@](=O)(CO[C@H](C)Cn1cnc2c(N)ncnc21)ON=C(CC(C)C)CC(C)C. The predicted octanol–water partition coefficient (Wildman–Crippen LogP) is 5.14. The maximum absolute atomic E-state index is 14.1. The van der Waals surface area contributed by atoms with Crippen LogP contribution in [0.4, 0.5) is 5.82 Å². The molecule has 3 N–H and O–H groups in total. The van der Waals surface area contributed by atoms with Crippen LogP contribution in [0.2, 0.25) is 0 Å². The van der Waals surface area contributed by atoms with Crippen LogP contribution in [-0.4, -0.2) is 55.8 Å². The first-order valence-electron chi connectivity index (χ1n) is 13.6. The fourth-order valence-corrected chi connectivity index (χ4v) is 5.64. The number of anilines is 1. The minimum atomic E-state index is -3.81. The predicted molar refractivity (Wildman–Crippen MR) is 153 cm³/mol. The molecule has 220 valence electrons. The number of carbonyl (C=O) groups excluding carboxylic acids is 1. The van der Waals surface area contributed by atoms with Gasteiger partial charge in [-0.25, -0.2) is 20.0 Å².